The van der Waals surface area contributed by atoms with Crippen molar-refractivity contribution in [2.75, 3.05) is 18.6 Å². The Morgan fingerprint density at radius 2 is 2.42 bits per heavy atom. The number of thioether (sulfide) groups is 1. The van der Waals surface area contributed by atoms with E-state index in [1.54, 1.807) is 0 Å². The highest BCUT2D eigenvalue weighted by Gasteiger charge is 2.32. The van der Waals surface area contributed by atoms with Crippen molar-refractivity contribution >= 4 is 23.5 Å². The van der Waals surface area contributed by atoms with Crippen molar-refractivity contribution in [3.8, 4) is 0 Å². The highest BCUT2D eigenvalue weighted by molar-refractivity contribution is 7.99. The quantitative estimate of drug-likeness (QED) is 0.342. The Kier molecular flexibility index (Phi) is 2.92. The van der Waals surface area contributed by atoms with Crippen LogP contribution in [0.4, 0.5) is 0 Å². The summed E-state index contributed by atoms with van der Waals surface area (Å²) < 4.78 is 4.49. The molecule has 12 heavy (non-hydrogen) atoms. The number of rotatable bonds is 1. The predicted octanol–water partition coefficient (Wildman–Crippen LogP) is 0.648. The lowest BCUT2D eigenvalue weighted by Crippen LogP contribution is -2.32. The normalized spacial score (nSPS) is 23.9. The minimum atomic E-state index is -0.624. The third kappa shape index (κ3) is 1.69. The fraction of sp³-hybridized carbons (Fsp3) is 0.500. The number of esters is 1. The van der Waals surface area contributed by atoms with Crippen LogP contribution >= 0.6 is 11.8 Å². The zero-order valence-electron chi connectivity index (χ0n) is 6.83. The lowest BCUT2D eigenvalue weighted by Gasteiger charge is -2.19. The molecule has 4 heteroatoms. The molecule has 0 bridgehead atoms. The molecular formula is C8H10O3S. The van der Waals surface area contributed by atoms with Crippen LogP contribution in [0.5, 0.6) is 0 Å². The van der Waals surface area contributed by atoms with Crippen LogP contribution in [0, 0.1) is 5.92 Å². The highest BCUT2D eigenvalue weighted by Crippen LogP contribution is 2.23. The molecule has 1 saturated heterocycles. The van der Waals surface area contributed by atoms with E-state index in [4.69, 9.17) is 0 Å². The molecule has 1 fully saturated rings. The van der Waals surface area contributed by atoms with Gasteiger partial charge in [-0.05, 0) is 5.57 Å². The van der Waals surface area contributed by atoms with Crippen molar-refractivity contribution in [3.63, 3.8) is 0 Å². The predicted molar refractivity (Wildman–Crippen MR) is 47.0 cm³/mol. The number of ether oxygens (including phenoxy) is 1. The first kappa shape index (κ1) is 9.32. The Hall–Kier alpha value is -0.770. The molecule has 0 amide bonds. The first-order valence-electron chi connectivity index (χ1n) is 3.54. The van der Waals surface area contributed by atoms with Gasteiger partial charge >= 0.3 is 5.97 Å². The highest BCUT2D eigenvalue weighted by atomic mass is 32.2. The molecule has 0 radical (unpaired) electrons. The Bertz CT molecular complexity index is 234. The van der Waals surface area contributed by atoms with Gasteiger partial charge in [0.25, 0.3) is 0 Å². The van der Waals surface area contributed by atoms with Crippen LogP contribution in [-0.4, -0.2) is 30.4 Å². The van der Waals surface area contributed by atoms with Gasteiger partial charge in [-0.25, -0.2) is 0 Å². The topological polar surface area (TPSA) is 43.4 Å². The van der Waals surface area contributed by atoms with E-state index < -0.39 is 11.9 Å². The van der Waals surface area contributed by atoms with E-state index in [1.165, 1.54) is 18.9 Å². The third-order valence-corrected chi connectivity index (χ3v) is 2.83. The van der Waals surface area contributed by atoms with Crippen molar-refractivity contribution in [1.82, 2.24) is 0 Å². The molecule has 0 aromatic rings. The van der Waals surface area contributed by atoms with E-state index in [-0.39, 0.29) is 5.78 Å². The second-order valence-corrected chi connectivity index (χ2v) is 3.59. The molecule has 1 atom stereocenters. The zero-order valence-corrected chi connectivity index (χ0v) is 7.65. The van der Waals surface area contributed by atoms with Gasteiger partial charge in [0.05, 0.1) is 7.11 Å². The van der Waals surface area contributed by atoms with Gasteiger partial charge < -0.3 is 4.74 Å². The van der Waals surface area contributed by atoms with Gasteiger partial charge in [0.1, 0.15) is 5.92 Å². The Morgan fingerprint density at radius 3 is 3.00 bits per heavy atom. The maximum Gasteiger partial charge on any atom is 0.317 e. The van der Waals surface area contributed by atoms with Gasteiger partial charge in [-0.3, -0.25) is 9.59 Å². The first-order chi connectivity index (χ1) is 5.66. The van der Waals surface area contributed by atoms with E-state index in [9.17, 15) is 9.59 Å². The summed E-state index contributed by atoms with van der Waals surface area (Å²) in [5.41, 5.74) is 0.515. The summed E-state index contributed by atoms with van der Waals surface area (Å²) in [5.74, 6) is -0.0909. The average Bonchev–Trinajstić information content (AvgIpc) is 2.08. The molecule has 0 aromatic heterocycles. The van der Waals surface area contributed by atoms with E-state index in [2.05, 4.69) is 11.3 Å². The number of Topliss-reactive ketones (excluding diaryl/α,β-unsaturated/α-hetero) is 1. The number of methoxy groups -OCH3 is 1. The van der Waals surface area contributed by atoms with Gasteiger partial charge in [0, 0.05) is 11.5 Å². The smallest absolute Gasteiger partial charge is 0.317 e. The van der Waals surface area contributed by atoms with Crippen LogP contribution in [-0.2, 0) is 14.3 Å². The summed E-state index contributed by atoms with van der Waals surface area (Å²) in [4.78, 5) is 22.3. The molecule has 1 heterocycles. The monoisotopic (exact) mass is 186 g/mol. The zero-order chi connectivity index (χ0) is 9.14. The molecule has 3 nitrogen and oxygen atoms in total. The Morgan fingerprint density at radius 1 is 1.75 bits per heavy atom. The van der Waals surface area contributed by atoms with Gasteiger partial charge in [-0.1, -0.05) is 6.58 Å². The van der Waals surface area contributed by atoms with Crippen molar-refractivity contribution in [1.29, 1.82) is 0 Å². The minimum Gasteiger partial charge on any atom is -0.468 e. The lowest BCUT2D eigenvalue weighted by atomic mass is 10.0. The summed E-state index contributed by atoms with van der Waals surface area (Å²) in [6, 6.07) is 0. The van der Waals surface area contributed by atoms with E-state index in [1.807, 2.05) is 0 Å². The van der Waals surface area contributed by atoms with Crippen molar-refractivity contribution in [2.24, 2.45) is 5.92 Å². The fourth-order valence-corrected chi connectivity index (χ4v) is 2.04. The van der Waals surface area contributed by atoms with Gasteiger partial charge in [0.15, 0.2) is 5.78 Å². The molecule has 66 valence electrons. The lowest BCUT2D eigenvalue weighted by molar-refractivity contribution is -0.147. The largest absolute Gasteiger partial charge is 0.468 e. The number of hydrogen-bond donors (Lipinski definition) is 0. The average molecular weight is 186 g/mol. The first-order valence-corrected chi connectivity index (χ1v) is 4.70. The molecule has 1 rings (SSSR count). The van der Waals surface area contributed by atoms with Crippen LogP contribution in [0.3, 0.4) is 0 Å². The third-order valence-electron chi connectivity index (χ3n) is 1.71. The van der Waals surface area contributed by atoms with Crippen LogP contribution < -0.4 is 0 Å². The molecule has 0 aromatic carbocycles. The number of carbonyl (C=O) groups excluding carboxylic acids is 2. The molecule has 0 aliphatic carbocycles. The maximum atomic E-state index is 11.3. The fourth-order valence-electron chi connectivity index (χ4n) is 1.01. The maximum absolute atomic E-state index is 11.3. The van der Waals surface area contributed by atoms with E-state index in [0.29, 0.717) is 17.1 Å². The van der Waals surface area contributed by atoms with Crippen LogP contribution in [0.25, 0.3) is 0 Å². The Balaban J connectivity index is 2.70. The molecule has 1 aliphatic heterocycles. The second-order valence-electron chi connectivity index (χ2n) is 2.56. The van der Waals surface area contributed by atoms with E-state index in [0.717, 1.165) is 0 Å². The molecule has 1 aliphatic rings. The molecule has 0 saturated carbocycles. The molecule has 0 spiro atoms. The Labute approximate surface area is 75.2 Å². The van der Waals surface area contributed by atoms with Gasteiger partial charge in [-0.2, -0.15) is 11.8 Å². The summed E-state index contributed by atoms with van der Waals surface area (Å²) in [7, 11) is 1.29. The SMILES string of the molecule is C=C1CSCC(C(=O)OC)C1=O. The molecule has 1 unspecified atom stereocenters. The number of ketones is 1. The van der Waals surface area contributed by atoms with E-state index >= 15 is 0 Å². The molecular weight excluding hydrogens is 176 g/mol. The second kappa shape index (κ2) is 3.76. The minimum absolute atomic E-state index is 0.166. The van der Waals surface area contributed by atoms with Crippen molar-refractivity contribution in [3.05, 3.63) is 12.2 Å². The van der Waals surface area contributed by atoms with Gasteiger partial charge in [0.2, 0.25) is 0 Å². The van der Waals surface area contributed by atoms with Crippen LogP contribution in [0.1, 0.15) is 0 Å². The van der Waals surface area contributed by atoms with Crippen molar-refractivity contribution < 1.29 is 14.3 Å². The molecule has 0 N–H and O–H groups in total. The summed E-state index contributed by atoms with van der Waals surface area (Å²) >= 11 is 1.54. The van der Waals surface area contributed by atoms with Crippen LogP contribution in [0.15, 0.2) is 12.2 Å². The van der Waals surface area contributed by atoms with Gasteiger partial charge in [-0.15, -0.1) is 0 Å². The van der Waals surface area contributed by atoms with Crippen LogP contribution in [0.2, 0.25) is 0 Å². The summed E-state index contributed by atoms with van der Waals surface area (Å²) in [6.45, 7) is 3.58. The van der Waals surface area contributed by atoms with Crippen molar-refractivity contribution in [2.45, 2.75) is 0 Å². The number of hydrogen-bond acceptors (Lipinski definition) is 4. The standard InChI is InChI=1S/C8H10O3S/c1-5-3-12-4-6(7(5)9)8(10)11-2/h6H,1,3-4H2,2H3. The summed E-state index contributed by atoms with van der Waals surface area (Å²) in [6.07, 6.45) is 0. The number of carbonyl (C=O) groups is 2. The summed E-state index contributed by atoms with van der Waals surface area (Å²) in [5, 5.41) is 0.